The monoisotopic (exact) mass is 564 g/mol. The van der Waals surface area contributed by atoms with Crippen molar-refractivity contribution in [2.24, 2.45) is 5.41 Å². The number of hydrogen-bond donors (Lipinski definition) is 3. The Bertz CT molecular complexity index is 1120. The average molecular weight is 565 g/mol. The Hall–Kier alpha value is -2.53. The van der Waals surface area contributed by atoms with Gasteiger partial charge in [0.15, 0.2) is 0 Å². The molecule has 3 rings (SSSR count). The van der Waals surface area contributed by atoms with Crippen LogP contribution < -0.4 is 10.6 Å². The molecule has 3 N–H and O–H groups in total. The fraction of sp³-hybridized carbons (Fsp3) is 0.556. The molecular formula is C27H37ClN4O5S. The molecule has 1 fully saturated rings. The number of carbonyl (C=O) groups is 3. The molecule has 38 heavy (non-hydrogen) atoms. The lowest BCUT2D eigenvalue weighted by Crippen LogP contribution is -2.58. The fourth-order valence-corrected chi connectivity index (χ4v) is 5.36. The molecule has 208 valence electrons. The third-order valence-corrected chi connectivity index (χ3v) is 7.65. The van der Waals surface area contributed by atoms with Gasteiger partial charge in [0.05, 0.1) is 34.8 Å². The first-order valence-electron chi connectivity index (χ1n) is 12.6. The zero-order chi connectivity index (χ0) is 28.0. The zero-order valence-corrected chi connectivity index (χ0v) is 24.1. The highest BCUT2D eigenvalue weighted by atomic mass is 35.5. The molecule has 11 heteroatoms. The smallest absolute Gasteiger partial charge is 0.246 e. The number of likely N-dealkylation sites (tertiary alicyclic amines) is 1. The Balaban J connectivity index is 1.69. The van der Waals surface area contributed by atoms with Crippen molar-refractivity contribution in [1.82, 2.24) is 20.5 Å². The van der Waals surface area contributed by atoms with E-state index in [-0.39, 0.29) is 44.0 Å². The number of benzene rings is 1. The molecule has 1 saturated heterocycles. The van der Waals surface area contributed by atoms with Gasteiger partial charge in [0.2, 0.25) is 17.7 Å². The standard InChI is InChI=1S/C27H37ClN4O5S/c1-16(18-6-8-19(9-7-18)23-17(2)29-15-38-23)30-25(35)21-12-20(33)13-32(21)26(36)24(27(3,4)5)31-22(34)14-37-11-10-28/h6-9,15-16,20-21,24,33H,10-14H2,1-5H3,(H,30,35)(H,31,34)/t16-,20+,21-,24?/m0/s1. The van der Waals surface area contributed by atoms with Gasteiger partial charge in [-0.15, -0.1) is 22.9 Å². The number of aromatic nitrogens is 1. The van der Waals surface area contributed by atoms with Crippen LogP contribution in [0.3, 0.4) is 0 Å². The van der Waals surface area contributed by atoms with E-state index in [9.17, 15) is 19.5 Å². The van der Waals surface area contributed by atoms with Gasteiger partial charge in [-0.05, 0) is 30.4 Å². The number of nitrogens with one attached hydrogen (secondary N) is 2. The number of halogens is 1. The van der Waals surface area contributed by atoms with Crippen LogP contribution >= 0.6 is 22.9 Å². The second kappa shape index (κ2) is 13.0. The lowest BCUT2D eigenvalue weighted by Gasteiger charge is -2.35. The van der Waals surface area contributed by atoms with E-state index in [1.54, 1.807) is 11.3 Å². The number of carbonyl (C=O) groups excluding carboxylic acids is 3. The first-order chi connectivity index (χ1) is 17.9. The normalized spacial score (nSPS) is 19.2. The van der Waals surface area contributed by atoms with Gasteiger partial charge in [-0.3, -0.25) is 14.4 Å². The number of amides is 3. The van der Waals surface area contributed by atoms with Crippen molar-refractivity contribution in [1.29, 1.82) is 0 Å². The highest BCUT2D eigenvalue weighted by Gasteiger charge is 2.44. The predicted molar refractivity (Wildman–Crippen MR) is 148 cm³/mol. The summed E-state index contributed by atoms with van der Waals surface area (Å²) in [5, 5.41) is 16.1. The summed E-state index contributed by atoms with van der Waals surface area (Å²) < 4.78 is 5.18. The largest absolute Gasteiger partial charge is 0.391 e. The van der Waals surface area contributed by atoms with Gasteiger partial charge < -0.3 is 25.4 Å². The minimum atomic E-state index is -0.907. The summed E-state index contributed by atoms with van der Waals surface area (Å²) in [6.45, 7) is 9.34. The average Bonchev–Trinajstić information content (AvgIpc) is 3.47. The lowest BCUT2D eigenvalue weighted by atomic mass is 9.85. The first kappa shape index (κ1) is 30.0. The van der Waals surface area contributed by atoms with E-state index in [1.807, 2.05) is 64.4 Å². The SMILES string of the molecule is Cc1ncsc1-c1ccc([C@H](C)NC(=O)[C@@H]2C[C@@H](O)CN2C(=O)C(NC(=O)COCCCl)C(C)(C)C)cc1. The maximum absolute atomic E-state index is 13.6. The van der Waals surface area contributed by atoms with Crippen LogP contribution in [0, 0.1) is 12.3 Å². The van der Waals surface area contributed by atoms with Crippen molar-refractivity contribution >= 4 is 40.7 Å². The number of aryl methyl sites for hydroxylation is 1. The van der Waals surface area contributed by atoms with Crippen LogP contribution in [0.5, 0.6) is 0 Å². The minimum Gasteiger partial charge on any atom is -0.391 e. The molecule has 3 amide bonds. The summed E-state index contributed by atoms with van der Waals surface area (Å²) in [6, 6.07) is 5.85. The number of nitrogens with zero attached hydrogens (tertiary/aromatic N) is 2. The van der Waals surface area contributed by atoms with Gasteiger partial charge in [-0.1, -0.05) is 45.0 Å². The molecule has 0 aliphatic carbocycles. The van der Waals surface area contributed by atoms with Crippen LogP contribution in [0.25, 0.3) is 10.4 Å². The molecular weight excluding hydrogens is 528 g/mol. The summed E-state index contributed by atoms with van der Waals surface area (Å²) in [7, 11) is 0. The van der Waals surface area contributed by atoms with Crippen molar-refractivity contribution in [3.63, 3.8) is 0 Å². The lowest BCUT2D eigenvalue weighted by molar-refractivity contribution is -0.144. The molecule has 2 heterocycles. The molecule has 0 spiro atoms. The summed E-state index contributed by atoms with van der Waals surface area (Å²) in [5.41, 5.74) is 4.12. The van der Waals surface area contributed by atoms with E-state index in [2.05, 4.69) is 15.6 Å². The molecule has 1 aromatic heterocycles. The molecule has 0 radical (unpaired) electrons. The molecule has 2 aromatic rings. The molecule has 9 nitrogen and oxygen atoms in total. The summed E-state index contributed by atoms with van der Waals surface area (Å²) in [6.07, 6.45) is -0.715. The number of thiazole rings is 1. The van der Waals surface area contributed by atoms with Gasteiger partial charge in [0, 0.05) is 18.8 Å². The topological polar surface area (TPSA) is 121 Å². The Morgan fingerprint density at radius 2 is 1.92 bits per heavy atom. The number of hydrogen-bond acceptors (Lipinski definition) is 7. The van der Waals surface area contributed by atoms with Crippen molar-refractivity contribution < 1.29 is 24.2 Å². The molecule has 4 atom stereocenters. The Morgan fingerprint density at radius 1 is 1.24 bits per heavy atom. The summed E-state index contributed by atoms with van der Waals surface area (Å²) >= 11 is 7.17. The second-order valence-corrected chi connectivity index (χ2v) is 11.9. The van der Waals surface area contributed by atoms with Crippen molar-refractivity contribution in [2.45, 2.75) is 65.3 Å². The number of ether oxygens (including phenoxy) is 1. The fourth-order valence-electron chi connectivity index (χ4n) is 4.44. The van der Waals surface area contributed by atoms with E-state index >= 15 is 0 Å². The summed E-state index contributed by atoms with van der Waals surface area (Å²) in [5.74, 6) is -0.966. The van der Waals surface area contributed by atoms with Gasteiger partial charge in [0.25, 0.3) is 0 Å². The number of rotatable bonds is 10. The third kappa shape index (κ3) is 7.53. The minimum absolute atomic E-state index is 0.0133. The first-order valence-corrected chi connectivity index (χ1v) is 14.1. The van der Waals surface area contributed by atoms with E-state index in [4.69, 9.17) is 16.3 Å². The Kier molecular flexibility index (Phi) is 10.3. The zero-order valence-electron chi connectivity index (χ0n) is 22.5. The number of alkyl halides is 1. The number of aliphatic hydroxyl groups is 1. The predicted octanol–water partition coefficient (Wildman–Crippen LogP) is 3.04. The molecule has 1 aromatic carbocycles. The second-order valence-electron chi connectivity index (χ2n) is 10.6. The van der Waals surface area contributed by atoms with E-state index < -0.39 is 35.4 Å². The van der Waals surface area contributed by atoms with Crippen molar-refractivity contribution in [3.05, 3.63) is 41.0 Å². The van der Waals surface area contributed by atoms with Gasteiger partial charge >= 0.3 is 0 Å². The van der Waals surface area contributed by atoms with Gasteiger partial charge in [-0.25, -0.2) is 4.98 Å². The number of aliphatic hydroxyl groups excluding tert-OH is 1. The van der Waals surface area contributed by atoms with E-state index in [1.165, 1.54) is 4.90 Å². The molecule has 0 bridgehead atoms. The van der Waals surface area contributed by atoms with E-state index in [0.717, 1.165) is 21.7 Å². The van der Waals surface area contributed by atoms with Crippen LogP contribution in [0.2, 0.25) is 0 Å². The van der Waals surface area contributed by atoms with Crippen LogP contribution in [0.4, 0.5) is 0 Å². The maximum atomic E-state index is 13.6. The molecule has 1 aliphatic rings. The van der Waals surface area contributed by atoms with Gasteiger partial charge in [-0.2, -0.15) is 0 Å². The highest BCUT2D eigenvalue weighted by Crippen LogP contribution is 2.29. The molecule has 1 aliphatic heterocycles. The van der Waals surface area contributed by atoms with Gasteiger partial charge in [0.1, 0.15) is 18.7 Å². The maximum Gasteiger partial charge on any atom is 0.246 e. The van der Waals surface area contributed by atoms with Crippen LogP contribution in [-0.2, 0) is 19.1 Å². The summed E-state index contributed by atoms with van der Waals surface area (Å²) in [4.78, 5) is 46.1. The Morgan fingerprint density at radius 3 is 2.50 bits per heavy atom. The molecule has 0 saturated carbocycles. The quantitative estimate of drug-likeness (QED) is 0.301. The Labute approximate surface area is 232 Å². The van der Waals surface area contributed by atoms with Crippen LogP contribution in [-0.4, -0.2) is 76.5 Å². The molecule has 1 unspecified atom stereocenters. The third-order valence-electron chi connectivity index (χ3n) is 6.51. The number of β-amino-alcohol motifs (C(OH)–C–C–N with tert-alkyl or cyclic N) is 1. The van der Waals surface area contributed by atoms with Crippen molar-refractivity contribution in [2.75, 3.05) is 25.6 Å². The van der Waals surface area contributed by atoms with E-state index in [0.29, 0.717) is 0 Å². The van der Waals surface area contributed by atoms with Crippen LogP contribution in [0.1, 0.15) is 51.4 Å². The van der Waals surface area contributed by atoms with Crippen molar-refractivity contribution in [3.8, 4) is 10.4 Å². The highest BCUT2D eigenvalue weighted by molar-refractivity contribution is 7.13. The van der Waals surface area contributed by atoms with Crippen LogP contribution in [0.15, 0.2) is 29.8 Å².